The Balaban J connectivity index is 3.86. The number of amides is 2. The number of hydrogen-bond acceptors (Lipinski definition) is 4. The highest BCUT2D eigenvalue weighted by atomic mass is 32.2. The van der Waals surface area contributed by atoms with Gasteiger partial charge < -0.3 is 20.8 Å². The van der Waals surface area contributed by atoms with Crippen molar-refractivity contribution in [2.45, 2.75) is 18.2 Å². The molecule has 0 bridgehead atoms. The zero-order valence-corrected chi connectivity index (χ0v) is 9.50. The molecule has 15 heavy (non-hydrogen) atoms. The molecule has 2 atom stereocenters. The number of aliphatic hydroxyl groups is 1. The van der Waals surface area contributed by atoms with Crippen molar-refractivity contribution in [2.75, 3.05) is 19.4 Å². The molecule has 0 aromatic rings. The van der Waals surface area contributed by atoms with E-state index in [9.17, 15) is 9.59 Å². The van der Waals surface area contributed by atoms with Gasteiger partial charge in [0.15, 0.2) is 6.04 Å². The number of carboxylic acids is 1. The molecular formula is C8H16N2O4S. The minimum atomic E-state index is -1.26. The van der Waals surface area contributed by atoms with Gasteiger partial charge in [-0.15, -0.1) is 0 Å². The summed E-state index contributed by atoms with van der Waals surface area (Å²) in [5, 5.41) is 22.1. The molecule has 0 fully saturated rings. The lowest BCUT2D eigenvalue weighted by Gasteiger charge is -2.14. The third-order valence-electron chi connectivity index (χ3n) is 1.74. The SMILES string of the molecule is CSC(C)CNC(=O)N[C@@H](CO)C(=O)O. The highest BCUT2D eigenvalue weighted by Crippen LogP contribution is 2.02. The molecule has 0 radical (unpaired) electrons. The van der Waals surface area contributed by atoms with Crippen LogP contribution in [0.4, 0.5) is 4.79 Å². The Hall–Kier alpha value is -0.950. The monoisotopic (exact) mass is 236 g/mol. The Kier molecular flexibility index (Phi) is 6.89. The second-order valence-electron chi connectivity index (χ2n) is 2.97. The number of aliphatic carboxylic acids is 1. The minimum absolute atomic E-state index is 0.258. The molecule has 0 saturated heterocycles. The van der Waals surface area contributed by atoms with E-state index in [1.807, 2.05) is 13.2 Å². The first-order chi connectivity index (χ1) is 7.01. The highest BCUT2D eigenvalue weighted by Gasteiger charge is 2.18. The number of hydrogen-bond donors (Lipinski definition) is 4. The molecule has 88 valence electrons. The van der Waals surface area contributed by atoms with Crippen LogP contribution in [-0.2, 0) is 4.79 Å². The van der Waals surface area contributed by atoms with Gasteiger partial charge >= 0.3 is 12.0 Å². The van der Waals surface area contributed by atoms with Gasteiger partial charge in [-0.2, -0.15) is 11.8 Å². The topological polar surface area (TPSA) is 98.7 Å². The van der Waals surface area contributed by atoms with Gasteiger partial charge in [-0.3, -0.25) is 0 Å². The first-order valence-corrected chi connectivity index (χ1v) is 5.70. The molecule has 0 aliphatic heterocycles. The molecule has 7 heteroatoms. The van der Waals surface area contributed by atoms with Gasteiger partial charge in [-0.1, -0.05) is 6.92 Å². The van der Waals surface area contributed by atoms with Gasteiger partial charge in [0.2, 0.25) is 0 Å². The van der Waals surface area contributed by atoms with E-state index >= 15 is 0 Å². The summed E-state index contributed by atoms with van der Waals surface area (Å²) in [5.74, 6) is -1.26. The highest BCUT2D eigenvalue weighted by molar-refractivity contribution is 7.99. The summed E-state index contributed by atoms with van der Waals surface area (Å²) in [6, 6.07) is -1.84. The maximum atomic E-state index is 11.1. The Morgan fingerprint density at radius 3 is 2.47 bits per heavy atom. The Morgan fingerprint density at radius 1 is 1.47 bits per heavy atom. The second kappa shape index (κ2) is 7.36. The van der Waals surface area contributed by atoms with Crippen LogP contribution in [0.15, 0.2) is 0 Å². The summed E-state index contributed by atoms with van der Waals surface area (Å²) in [7, 11) is 0. The molecule has 6 nitrogen and oxygen atoms in total. The standard InChI is InChI=1S/C8H16N2O4S/c1-5(15-2)3-9-8(14)10-6(4-11)7(12)13/h5-6,11H,3-4H2,1-2H3,(H,12,13)(H2,9,10,14)/t5?,6-/m0/s1. The third kappa shape index (κ3) is 6.19. The van der Waals surface area contributed by atoms with E-state index < -0.39 is 24.6 Å². The lowest BCUT2D eigenvalue weighted by molar-refractivity contribution is -0.140. The number of nitrogens with one attached hydrogen (secondary N) is 2. The molecule has 1 unspecified atom stereocenters. The maximum Gasteiger partial charge on any atom is 0.328 e. The summed E-state index contributed by atoms with van der Waals surface area (Å²) >= 11 is 1.59. The Morgan fingerprint density at radius 2 is 2.07 bits per heavy atom. The van der Waals surface area contributed by atoms with Crippen molar-refractivity contribution >= 4 is 23.8 Å². The van der Waals surface area contributed by atoms with Crippen LogP contribution in [0.5, 0.6) is 0 Å². The normalized spacial score (nSPS) is 14.1. The number of carboxylic acid groups (broad SMARTS) is 1. The summed E-state index contributed by atoms with van der Waals surface area (Å²) in [6.07, 6.45) is 1.91. The van der Waals surface area contributed by atoms with Crippen LogP contribution in [0.3, 0.4) is 0 Å². The Bertz CT molecular complexity index is 225. The zero-order valence-electron chi connectivity index (χ0n) is 8.69. The third-order valence-corrected chi connectivity index (χ3v) is 2.71. The quantitative estimate of drug-likeness (QED) is 0.497. The largest absolute Gasteiger partial charge is 0.480 e. The molecule has 0 aromatic carbocycles. The van der Waals surface area contributed by atoms with Gasteiger partial charge in [0.25, 0.3) is 0 Å². The van der Waals surface area contributed by atoms with Crippen molar-refractivity contribution in [3.63, 3.8) is 0 Å². The molecule has 2 amide bonds. The molecule has 0 aromatic heterocycles. The van der Waals surface area contributed by atoms with Gasteiger partial charge in [-0.05, 0) is 6.26 Å². The number of thioether (sulfide) groups is 1. The maximum absolute atomic E-state index is 11.1. The van der Waals surface area contributed by atoms with E-state index in [-0.39, 0.29) is 5.25 Å². The zero-order chi connectivity index (χ0) is 11.8. The van der Waals surface area contributed by atoms with Crippen molar-refractivity contribution in [2.24, 2.45) is 0 Å². The summed E-state index contributed by atoms with van der Waals surface area (Å²) in [4.78, 5) is 21.6. The van der Waals surface area contributed by atoms with Crippen LogP contribution in [0.2, 0.25) is 0 Å². The number of aliphatic hydroxyl groups excluding tert-OH is 1. The lowest BCUT2D eigenvalue weighted by Crippen LogP contribution is -2.48. The molecule has 0 spiro atoms. The Labute approximate surface area is 92.4 Å². The fourth-order valence-electron chi connectivity index (χ4n) is 0.715. The van der Waals surface area contributed by atoms with E-state index in [4.69, 9.17) is 10.2 Å². The van der Waals surface area contributed by atoms with E-state index in [0.29, 0.717) is 6.54 Å². The van der Waals surface area contributed by atoms with Gasteiger partial charge in [0.05, 0.1) is 6.61 Å². The molecule has 0 rings (SSSR count). The molecule has 0 aliphatic carbocycles. The van der Waals surface area contributed by atoms with Crippen LogP contribution in [0.25, 0.3) is 0 Å². The molecular weight excluding hydrogens is 220 g/mol. The van der Waals surface area contributed by atoms with Crippen molar-refractivity contribution in [1.82, 2.24) is 10.6 Å². The van der Waals surface area contributed by atoms with Gasteiger partial charge in [0, 0.05) is 11.8 Å². The van der Waals surface area contributed by atoms with E-state index in [1.54, 1.807) is 11.8 Å². The van der Waals surface area contributed by atoms with Crippen molar-refractivity contribution in [3.05, 3.63) is 0 Å². The van der Waals surface area contributed by atoms with Crippen molar-refractivity contribution < 1.29 is 19.8 Å². The average molecular weight is 236 g/mol. The summed E-state index contributed by atoms with van der Waals surface area (Å²) in [6.45, 7) is 1.76. The lowest BCUT2D eigenvalue weighted by atomic mass is 10.3. The van der Waals surface area contributed by atoms with Crippen LogP contribution in [0.1, 0.15) is 6.92 Å². The second-order valence-corrected chi connectivity index (χ2v) is 4.25. The predicted octanol–water partition coefficient (Wildman–Crippen LogP) is -0.517. The number of urea groups is 1. The van der Waals surface area contributed by atoms with Crippen LogP contribution in [0, 0.1) is 0 Å². The first-order valence-electron chi connectivity index (χ1n) is 4.42. The van der Waals surface area contributed by atoms with Crippen LogP contribution in [-0.4, -0.2) is 52.9 Å². The molecule has 0 aliphatic rings. The fourth-order valence-corrected chi connectivity index (χ4v) is 0.965. The molecule has 0 heterocycles. The minimum Gasteiger partial charge on any atom is -0.480 e. The van der Waals surface area contributed by atoms with Crippen molar-refractivity contribution in [3.8, 4) is 0 Å². The van der Waals surface area contributed by atoms with Gasteiger partial charge in [0.1, 0.15) is 0 Å². The van der Waals surface area contributed by atoms with Crippen LogP contribution >= 0.6 is 11.8 Å². The number of carbonyl (C=O) groups excluding carboxylic acids is 1. The van der Waals surface area contributed by atoms with Gasteiger partial charge in [-0.25, -0.2) is 9.59 Å². The van der Waals surface area contributed by atoms with E-state index in [0.717, 1.165) is 0 Å². The summed E-state index contributed by atoms with van der Waals surface area (Å²) in [5.41, 5.74) is 0. The number of rotatable bonds is 6. The fraction of sp³-hybridized carbons (Fsp3) is 0.750. The first kappa shape index (κ1) is 14.1. The smallest absolute Gasteiger partial charge is 0.328 e. The van der Waals surface area contributed by atoms with Crippen LogP contribution < -0.4 is 10.6 Å². The van der Waals surface area contributed by atoms with E-state index in [1.165, 1.54) is 0 Å². The van der Waals surface area contributed by atoms with Crippen molar-refractivity contribution in [1.29, 1.82) is 0 Å². The average Bonchev–Trinajstić information content (AvgIpc) is 2.21. The molecule has 4 N–H and O–H groups in total. The molecule has 0 saturated carbocycles. The summed E-state index contributed by atoms with van der Waals surface area (Å²) < 4.78 is 0. The number of carbonyl (C=O) groups is 2. The van der Waals surface area contributed by atoms with E-state index in [2.05, 4.69) is 10.6 Å². The predicted molar refractivity (Wildman–Crippen MR) is 58.0 cm³/mol.